The number of hydrogen-bond donors (Lipinski definition) is 1. The minimum Gasteiger partial charge on any atom is -0.406 e. The molecule has 4 nitrogen and oxygen atoms in total. The van der Waals surface area contributed by atoms with Crippen LogP contribution in [0.1, 0.15) is 24.8 Å². The molecule has 1 N–H and O–H groups in total. The first-order chi connectivity index (χ1) is 10.9. The van der Waals surface area contributed by atoms with Crippen LogP contribution >= 0.6 is 0 Å². The molecule has 1 aromatic carbocycles. The van der Waals surface area contributed by atoms with Gasteiger partial charge in [0.25, 0.3) is 0 Å². The van der Waals surface area contributed by atoms with Gasteiger partial charge in [-0.1, -0.05) is 12.1 Å². The number of alkyl halides is 3. The first-order valence-electron chi connectivity index (χ1n) is 7.79. The third kappa shape index (κ3) is 3.96. The van der Waals surface area contributed by atoms with Crippen molar-refractivity contribution in [2.45, 2.75) is 44.1 Å². The summed E-state index contributed by atoms with van der Waals surface area (Å²) in [6.45, 7) is 1.75. The van der Waals surface area contributed by atoms with Crippen molar-refractivity contribution in [3.63, 3.8) is 0 Å². The van der Waals surface area contributed by atoms with Crippen molar-refractivity contribution in [1.29, 1.82) is 0 Å². The summed E-state index contributed by atoms with van der Waals surface area (Å²) < 4.78 is 40.2. The van der Waals surface area contributed by atoms with Crippen LogP contribution < -0.4 is 10.1 Å². The van der Waals surface area contributed by atoms with E-state index < -0.39 is 6.36 Å². The highest BCUT2D eigenvalue weighted by molar-refractivity contribution is 5.80. The van der Waals surface area contributed by atoms with Crippen molar-refractivity contribution in [3.8, 4) is 5.75 Å². The highest BCUT2D eigenvalue weighted by Crippen LogP contribution is 2.29. The monoisotopic (exact) mass is 328 g/mol. The zero-order chi connectivity index (χ0) is 16.4. The molecule has 2 fully saturated rings. The lowest BCUT2D eigenvalue weighted by molar-refractivity contribution is -0.274. The molecule has 1 aromatic rings. The topological polar surface area (TPSA) is 41.6 Å². The highest BCUT2D eigenvalue weighted by Gasteiger charge is 2.37. The molecule has 2 heterocycles. The zero-order valence-corrected chi connectivity index (χ0v) is 12.6. The molecule has 0 radical (unpaired) electrons. The van der Waals surface area contributed by atoms with E-state index >= 15 is 0 Å². The van der Waals surface area contributed by atoms with Crippen LogP contribution in [0.25, 0.3) is 0 Å². The third-order valence-corrected chi connectivity index (χ3v) is 4.45. The fourth-order valence-electron chi connectivity index (χ4n) is 3.46. The Morgan fingerprint density at radius 3 is 2.57 bits per heavy atom. The maximum atomic E-state index is 12.6. The van der Waals surface area contributed by atoms with Gasteiger partial charge in [0.1, 0.15) is 5.75 Å². The van der Waals surface area contributed by atoms with Gasteiger partial charge < -0.3 is 15.0 Å². The van der Waals surface area contributed by atoms with Crippen LogP contribution in [0.15, 0.2) is 24.3 Å². The molecule has 23 heavy (non-hydrogen) atoms. The number of fused-ring (bicyclic) bond motifs is 2. The average Bonchev–Trinajstić information content (AvgIpc) is 2.73. The molecule has 2 aliphatic heterocycles. The number of ether oxygens (including phenoxy) is 1. The SMILES string of the molecule is O=C(Cc1ccc(OC(F)(F)F)cc1)N1C2CCNCC1CC2. The van der Waals surface area contributed by atoms with Crippen LogP contribution in [0.5, 0.6) is 5.75 Å². The van der Waals surface area contributed by atoms with E-state index in [9.17, 15) is 18.0 Å². The first kappa shape index (κ1) is 16.1. The van der Waals surface area contributed by atoms with Gasteiger partial charge in [-0.05, 0) is 43.5 Å². The van der Waals surface area contributed by atoms with Gasteiger partial charge in [0.2, 0.25) is 5.91 Å². The Balaban J connectivity index is 1.64. The van der Waals surface area contributed by atoms with Crippen molar-refractivity contribution in [2.24, 2.45) is 0 Å². The van der Waals surface area contributed by atoms with Crippen LogP contribution in [-0.2, 0) is 11.2 Å². The molecule has 2 atom stereocenters. The summed E-state index contributed by atoms with van der Waals surface area (Å²) in [7, 11) is 0. The van der Waals surface area contributed by atoms with Crippen molar-refractivity contribution in [2.75, 3.05) is 13.1 Å². The van der Waals surface area contributed by atoms with E-state index in [1.807, 2.05) is 4.90 Å². The van der Waals surface area contributed by atoms with Gasteiger partial charge >= 0.3 is 6.36 Å². The molecule has 1 amide bonds. The molecule has 0 aliphatic carbocycles. The summed E-state index contributed by atoms with van der Waals surface area (Å²) in [4.78, 5) is 14.6. The second kappa shape index (κ2) is 6.39. The number of carbonyl (C=O) groups is 1. The van der Waals surface area contributed by atoms with Crippen molar-refractivity contribution in [1.82, 2.24) is 10.2 Å². The molecular weight excluding hydrogens is 309 g/mol. The van der Waals surface area contributed by atoms with Gasteiger partial charge in [-0.15, -0.1) is 13.2 Å². The van der Waals surface area contributed by atoms with Crippen LogP contribution in [0.3, 0.4) is 0 Å². The second-order valence-corrected chi connectivity index (χ2v) is 6.05. The standard InChI is InChI=1S/C16H19F3N2O2/c17-16(18,19)23-14-5-1-11(2-6-14)9-15(22)21-12-3-4-13(21)10-20-8-7-12/h1-2,5-6,12-13,20H,3-4,7-10H2. The smallest absolute Gasteiger partial charge is 0.406 e. The van der Waals surface area contributed by atoms with Gasteiger partial charge in [-0.2, -0.15) is 0 Å². The summed E-state index contributed by atoms with van der Waals surface area (Å²) in [5, 5.41) is 3.34. The summed E-state index contributed by atoms with van der Waals surface area (Å²) in [6, 6.07) is 6.04. The zero-order valence-electron chi connectivity index (χ0n) is 12.6. The van der Waals surface area contributed by atoms with Gasteiger partial charge in [0.05, 0.1) is 6.42 Å². The van der Waals surface area contributed by atoms with Gasteiger partial charge in [-0.25, -0.2) is 0 Å². The number of rotatable bonds is 3. The van der Waals surface area contributed by atoms with Crippen LogP contribution in [-0.4, -0.2) is 42.3 Å². The summed E-state index contributed by atoms with van der Waals surface area (Å²) in [5.41, 5.74) is 0.695. The lowest BCUT2D eigenvalue weighted by Crippen LogP contribution is -2.43. The molecular formula is C16H19F3N2O2. The fourth-order valence-corrected chi connectivity index (χ4v) is 3.46. The number of nitrogens with one attached hydrogen (secondary N) is 1. The second-order valence-electron chi connectivity index (χ2n) is 6.05. The largest absolute Gasteiger partial charge is 0.573 e. The van der Waals surface area contributed by atoms with E-state index in [2.05, 4.69) is 10.1 Å². The van der Waals surface area contributed by atoms with E-state index in [1.54, 1.807) is 0 Å². The van der Waals surface area contributed by atoms with Crippen molar-refractivity contribution >= 4 is 5.91 Å². The third-order valence-electron chi connectivity index (χ3n) is 4.45. The maximum absolute atomic E-state index is 12.6. The van der Waals surface area contributed by atoms with Crippen LogP contribution in [0.4, 0.5) is 13.2 Å². The molecule has 0 spiro atoms. The van der Waals surface area contributed by atoms with E-state index in [0.717, 1.165) is 32.4 Å². The van der Waals surface area contributed by atoms with Crippen molar-refractivity contribution < 1.29 is 22.7 Å². The number of benzene rings is 1. The molecule has 0 aromatic heterocycles. The van der Waals surface area contributed by atoms with Crippen LogP contribution in [0, 0.1) is 0 Å². The van der Waals surface area contributed by atoms with Gasteiger partial charge in [-0.3, -0.25) is 4.79 Å². The Labute approximate surface area is 132 Å². The number of halogens is 3. The molecule has 2 unspecified atom stereocenters. The lowest BCUT2D eigenvalue weighted by atomic mass is 10.1. The molecule has 7 heteroatoms. The van der Waals surface area contributed by atoms with E-state index in [4.69, 9.17) is 0 Å². The molecule has 3 rings (SSSR count). The minimum atomic E-state index is -4.70. The summed E-state index contributed by atoms with van der Waals surface area (Å²) in [6.07, 6.45) is -1.48. The molecule has 0 saturated carbocycles. The van der Waals surface area contributed by atoms with Crippen molar-refractivity contribution in [3.05, 3.63) is 29.8 Å². The Bertz CT molecular complexity index is 545. The number of hydrogen-bond acceptors (Lipinski definition) is 3. The van der Waals surface area contributed by atoms with E-state index in [1.165, 1.54) is 24.3 Å². The number of amides is 1. The Hall–Kier alpha value is -1.76. The van der Waals surface area contributed by atoms with E-state index in [0.29, 0.717) is 5.56 Å². The van der Waals surface area contributed by atoms with E-state index in [-0.39, 0.29) is 30.2 Å². The van der Waals surface area contributed by atoms with Crippen LogP contribution in [0.2, 0.25) is 0 Å². The molecule has 2 bridgehead atoms. The predicted molar refractivity (Wildman–Crippen MR) is 78.0 cm³/mol. The fraction of sp³-hybridized carbons (Fsp3) is 0.562. The minimum absolute atomic E-state index is 0.0469. The maximum Gasteiger partial charge on any atom is 0.573 e. The Kier molecular flexibility index (Phi) is 4.48. The molecule has 2 aliphatic rings. The van der Waals surface area contributed by atoms with Gasteiger partial charge in [0, 0.05) is 18.6 Å². The quantitative estimate of drug-likeness (QED) is 0.927. The molecule has 2 saturated heterocycles. The number of nitrogens with zero attached hydrogens (tertiary/aromatic N) is 1. The first-order valence-corrected chi connectivity index (χ1v) is 7.79. The number of carbonyl (C=O) groups excluding carboxylic acids is 1. The Morgan fingerprint density at radius 2 is 1.87 bits per heavy atom. The summed E-state index contributed by atoms with van der Waals surface area (Å²) >= 11 is 0. The average molecular weight is 328 g/mol. The predicted octanol–water partition coefficient (Wildman–Crippen LogP) is 2.48. The highest BCUT2D eigenvalue weighted by atomic mass is 19.4. The Morgan fingerprint density at radius 1 is 1.17 bits per heavy atom. The molecule has 126 valence electrons. The summed E-state index contributed by atoms with van der Waals surface area (Å²) in [5.74, 6) is -0.224. The lowest BCUT2D eigenvalue weighted by Gasteiger charge is -2.28. The normalized spacial score (nSPS) is 24.4. The van der Waals surface area contributed by atoms with Gasteiger partial charge in [0.15, 0.2) is 0 Å².